The zero-order chi connectivity index (χ0) is 19.1. The van der Waals surface area contributed by atoms with Gasteiger partial charge in [0, 0.05) is 56.4 Å². The number of fused-ring (bicyclic) bond motifs is 1. The topological polar surface area (TPSA) is 81.2 Å². The van der Waals surface area contributed by atoms with Crippen molar-refractivity contribution in [3.8, 4) is 11.1 Å². The Morgan fingerprint density at radius 1 is 1.07 bits per heavy atom. The Morgan fingerprint density at radius 3 is 2.71 bits per heavy atom. The second kappa shape index (κ2) is 6.56. The van der Waals surface area contributed by atoms with Crippen LogP contribution in [0.4, 0.5) is 0 Å². The second-order valence-corrected chi connectivity index (χ2v) is 7.00. The van der Waals surface area contributed by atoms with Gasteiger partial charge in [-0.2, -0.15) is 10.2 Å². The van der Waals surface area contributed by atoms with Crippen LogP contribution in [0.15, 0.2) is 55.1 Å². The maximum absolute atomic E-state index is 12.7. The van der Waals surface area contributed by atoms with Gasteiger partial charge >= 0.3 is 0 Å². The van der Waals surface area contributed by atoms with Gasteiger partial charge in [0.25, 0.3) is 5.91 Å². The molecule has 0 bridgehead atoms. The number of aryl methyl sites for hydroxylation is 1. The number of carbonyl (C=O) groups is 1. The van der Waals surface area contributed by atoms with Crippen molar-refractivity contribution in [3.63, 3.8) is 0 Å². The van der Waals surface area contributed by atoms with Crippen molar-refractivity contribution in [2.24, 2.45) is 7.05 Å². The van der Waals surface area contributed by atoms with Gasteiger partial charge in [-0.05, 0) is 42.3 Å². The van der Waals surface area contributed by atoms with Crippen LogP contribution in [0.3, 0.4) is 0 Å². The molecule has 140 valence electrons. The Hall–Kier alpha value is -3.55. The van der Waals surface area contributed by atoms with Crippen molar-refractivity contribution in [3.05, 3.63) is 66.6 Å². The smallest absolute Gasteiger partial charge is 0.272 e. The van der Waals surface area contributed by atoms with E-state index in [4.69, 9.17) is 0 Å². The largest absolute Gasteiger partial charge is 0.337 e. The molecule has 5 rings (SSSR count). The molecule has 8 heteroatoms. The highest BCUT2D eigenvalue weighted by molar-refractivity contribution is 5.92. The number of carbonyl (C=O) groups excluding carboxylic acids is 1. The summed E-state index contributed by atoms with van der Waals surface area (Å²) in [6.07, 6.45) is 8.04. The summed E-state index contributed by atoms with van der Waals surface area (Å²) in [6.45, 7) is 1.32. The Bertz CT molecular complexity index is 1150. The lowest BCUT2D eigenvalue weighted by Gasteiger charge is -2.15. The third kappa shape index (κ3) is 2.83. The molecule has 5 heterocycles. The quantitative estimate of drug-likeness (QED) is 0.550. The molecule has 0 radical (unpaired) electrons. The summed E-state index contributed by atoms with van der Waals surface area (Å²) < 4.78 is 3.43. The number of hydrogen-bond acceptors (Lipinski definition) is 5. The minimum atomic E-state index is 0.00578. The van der Waals surface area contributed by atoms with Crippen LogP contribution in [0.1, 0.15) is 28.7 Å². The predicted molar refractivity (Wildman–Crippen MR) is 103 cm³/mol. The van der Waals surface area contributed by atoms with E-state index in [0.717, 1.165) is 29.0 Å². The van der Waals surface area contributed by atoms with Crippen LogP contribution in [0.5, 0.6) is 0 Å². The Balaban J connectivity index is 1.38. The Kier molecular flexibility index (Phi) is 3.89. The van der Waals surface area contributed by atoms with Gasteiger partial charge in [-0.15, -0.1) is 0 Å². The number of pyridine rings is 2. The summed E-state index contributed by atoms with van der Waals surface area (Å²) >= 11 is 0. The van der Waals surface area contributed by atoms with E-state index in [0.29, 0.717) is 18.8 Å². The van der Waals surface area contributed by atoms with Crippen molar-refractivity contribution in [1.82, 2.24) is 34.3 Å². The normalized spacial score (nSPS) is 16.8. The van der Waals surface area contributed by atoms with Crippen LogP contribution < -0.4 is 0 Å². The van der Waals surface area contributed by atoms with Crippen LogP contribution in [-0.4, -0.2) is 53.3 Å². The number of nitrogens with zero attached hydrogens (tertiary/aromatic N) is 7. The van der Waals surface area contributed by atoms with E-state index in [1.165, 1.54) is 0 Å². The minimum Gasteiger partial charge on any atom is -0.337 e. The van der Waals surface area contributed by atoms with Crippen LogP contribution in [-0.2, 0) is 7.05 Å². The van der Waals surface area contributed by atoms with Crippen LogP contribution in [0, 0.1) is 0 Å². The summed E-state index contributed by atoms with van der Waals surface area (Å²) in [4.78, 5) is 23.3. The van der Waals surface area contributed by atoms with E-state index in [1.54, 1.807) is 36.4 Å². The lowest BCUT2D eigenvalue weighted by atomic mass is 10.1. The molecule has 28 heavy (non-hydrogen) atoms. The van der Waals surface area contributed by atoms with Crippen LogP contribution in [0.25, 0.3) is 16.8 Å². The minimum absolute atomic E-state index is 0.00578. The summed E-state index contributed by atoms with van der Waals surface area (Å²) in [6, 6.07) is 9.70. The standard InChI is InChI=1S/C20H19N7O/c1-25-17(6-10-22-25)20(28)26-11-7-16(12-26)19-23-18-3-2-15(13-27(18)24-19)14-4-8-21-9-5-14/h2-6,8-10,13,16H,7,11-12H2,1H3/t16-/m0/s1. The molecule has 1 saturated heterocycles. The zero-order valence-electron chi connectivity index (χ0n) is 15.4. The Labute approximate surface area is 161 Å². The molecule has 1 aliphatic heterocycles. The van der Waals surface area contributed by atoms with Crippen molar-refractivity contribution >= 4 is 11.6 Å². The lowest BCUT2D eigenvalue weighted by molar-refractivity contribution is 0.0779. The van der Waals surface area contributed by atoms with Gasteiger partial charge < -0.3 is 4.90 Å². The van der Waals surface area contributed by atoms with Gasteiger partial charge in [0.15, 0.2) is 11.5 Å². The number of hydrogen-bond donors (Lipinski definition) is 0. The van der Waals surface area contributed by atoms with E-state index < -0.39 is 0 Å². The van der Waals surface area contributed by atoms with Gasteiger partial charge in [0.1, 0.15) is 5.69 Å². The molecule has 0 aliphatic carbocycles. The van der Waals surface area contributed by atoms with Crippen LogP contribution >= 0.6 is 0 Å². The third-order valence-corrected chi connectivity index (χ3v) is 5.24. The summed E-state index contributed by atoms with van der Waals surface area (Å²) in [5.41, 5.74) is 3.56. The molecule has 0 N–H and O–H groups in total. The average molecular weight is 373 g/mol. The molecule has 1 atom stereocenters. The average Bonchev–Trinajstić information content (AvgIpc) is 3.46. The number of likely N-dealkylation sites (tertiary alicyclic amines) is 1. The molecule has 1 amide bonds. The molecular weight excluding hydrogens is 354 g/mol. The fourth-order valence-electron chi connectivity index (χ4n) is 3.69. The molecule has 0 spiro atoms. The van der Waals surface area contributed by atoms with E-state index in [-0.39, 0.29) is 11.8 Å². The van der Waals surface area contributed by atoms with E-state index in [2.05, 4.69) is 20.2 Å². The molecule has 1 fully saturated rings. The second-order valence-electron chi connectivity index (χ2n) is 7.00. The van der Waals surface area contributed by atoms with Crippen molar-refractivity contribution in [2.45, 2.75) is 12.3 Å². The van der Waals surface area contributed by atoms with Crippen molar-refractivity contribution < 1.29 is 4.79 Å². The van der Waals surface area contributed by atoms with Gasteiger partial charge in [0.2, 0.25) is 0 Å². The summed E-state index contributed by atoms with van der Waals surface area (Å²) in [7, 11) is 1.78. The van der Waals surface area contributed by atoms with Gasteiger partial charge in [0.05, 0.1) is 0 Å². The van der Waals surface area contributed by atoms with E-state index in [1.807, 2.05) is 39.9 Å². The first-order valence-electron chi connectivity index (χ1n) is 9.23. The highest BCUT2D eigenvalue weighted by atomic mass is 16.2. The predicted octanol–water partition coefficient (Wildman–Crippen LogP) is 2.15. The van der Waals surface area contributed by atoms with Gasteiger partial charge in [-0.1, -0.05) is 0 Å². The molecule has 8 nitrogen and oxygen atoms in total. The molecule has 4 aromatic rings. The van der Waals surface area contributed by atoms with E-state index in [9.17, 15) is 4.79 Å². The molecular formula is C20H19N7O. The summed E-state index contributed by atoms with van der Waals surface area (Å²) in [5.74, 6) is 0.930. The SMILES string of the molecule is Cn1nccc1C(=O)N1CC[C@H](c2nc3ccc(-c4ccncc4)cn3n2)C1. The highest BCUT2D eigenvalue weighted by Crippen LogP contribution is 2.27. The van der Waals surface area contributed by atoms with Crippen LogP contribution in [0.2, 0.25) is 0 Å². The first-order chi connectivity index (χ1) is 13.7. The first kappa shape index (κ1) is 16.6. The third-order valence-electron chi connectivity index (χ3n) is 5.24. The number of aromatic nitrogens is 6. The fourth-order valence-corrected chi connectivity index (χ4v) is 3.69. The molecule has 1 aliphatic rings. The maximum Gasteiger partial charge on any atom is 0.272 e. The molecule has 4 aromatic heterocycles. The van der Waals surface area contributed by atoms with Gasteiger partial charge in [-0.25, -0.2) is 9.50 Å². The summed E-state index contributed by atoms with van der Waals surface area (Å²) in [5, 5.41) is 8.77. The van der Waals surface area contributed by atoms with Crippen molar-refractivity contribution in [2.75, 3.05) is 13.1 Å². The maximum atomic E-state index is 12.7. The fraction of sp³-hybridized carbons (Fsp3) is 0.250. The Morgan fingerprint density at radius 2 is 1.93 bits per heavy atom. The van der Waals surface area contributed by atoms with Gasteiger partial charge in [-0.3, -0.25) is 14.5 Å². The number of rotatable bonds is 3. The lowest BCUT2D eigenvalue weighted by Crippen LogP contribution is -2.30. The van der Waals surface area contributed by atoms with E-state index >= 15 is 0 Å². The van der Waals surface area contributed by atoms with Crippen molar-refractivity contribution in [1.29, 1.82) is 0 Å². The highest BCUT2D eigenvalue weighted by Gasteiger charge is 2.31. The molecule has 0 unspecified atom stereocenters. The zero-order valence-corrected chi connectivity index (χ0v) is 15.4. The first-order valence-corrected chi connectivity index (χ1v) is 9.23. The monoisotopic (exact) mass is 373 g/mol. The number of amides is 1. The molecule has 0 aromatic carbocycles. The molecule has 0 saturated carbocycles.